The normalized spacial score (nSPS) is 23.9. The Morgan fingerprint density at radius 2 is 2.40 bits per heavy atom. The van der Waals surface area contributed by atoms with E-state index in [-0.39, 0.29) is 11.9 Å². The van der Waals surface area contributed by atoms with Gasteiger partial charge in [0.1, 0.15) is 0 Å². The Morgan fingerprint density at radius 1 is 1.67 bits per heavy atom. The predicted octanol–water partition coefficient (Wildman–Crippen LogP) is 0.609. The van der Waals surface area contributed by atoms with E-state index in [1.807, 2.05) is 11.8 Å². The van der Waals surface area contributed by atoms with E-state index in [1.165, 1.54) is 0 Å². The molecule has 4 heteroatoms. The third-order valence-electron chi connectivity index (χ3n) is 2.99. The summed E-state index contributed by atoms with van der Waals surface area (Å²) < 4.78 is 5.13. The highest BCUT2D eigenvalue weighted by molar-refractivity contribution is 5.81. The standard InChI is InChI=1S/C11H22N2O2/c1-3-10(12)11(14)13-6-4-5-9(7-13)8-15-2/h9-10H,3-8,12H2,1-2H3. The predicted molar refractivity (Wildman–Crippen MR) is 59.4 cm³/mol. The zero-order valence-electron chi connectivity index (χ0n) is 9.74. The van der Waals surface area contributed by atoms with E-state index in [4.69, 9.17) is 10.5 Å². The first-order chi connectivity index (χ1) is 7.19. The van der Waals surface area contributed by atoms with Crippen LogP contribution in [0.3, 0.4) is 0 Å². The van der Waals surface area contributed by atoms with Crippen LogP contribution in [-0.4, -0.2) is 43.7 Å². The second kappa shape index (κ2) is 6.08. The van der Waals surface area contributed by atoms with Gasteiger partial charge in [-0.2, -0.15) is 0 Å². The second-order valence-corrected chi connectivity index (χ2v) is 4.26. The Morgan fingerprint density at radius 3 is 3.00 bits per heavy atom. The number of rotatable bonds is 4. The van der Waals surface area contributed by atoms with Crippen LogP contribution in [0.5, 0.6) is 0 Å². The minimum atomic E-state index is -0.328. The van der Waals surface area contributed by atoms with Crippen LogP contribution in [0.2, 0.25) is 0 Å². The fraction of sp³-hybridized carbons (Fsp3) is 0.909. The Balaban J connectivity index is 2.44. The van der Waals surface area contributed by atoms with Gasteiger partial charge in [0.2, 0.25) is 5.91 Å². The lowest BCUT2D eigenvalue weighted by molar-refractivity contribution is -0.134. The van der Waals surface area contributed by atoms with Crippen LogP contribution in [0, 0.1) is 5.92 Å². The van der Waals surface area contributed by atoms with Gasteiger partial charge in [0.15, 0.2) is 0 Å². The van der Waals surface area contributed by atoms with Gasteiger partial charge in [-0.1, -0.05) is 6.92 Å². The number of hydrogen-bond donors (Lipinski definition) is 1. The maximum absolute atomic E-state index is 11.8. The molecule has 88 valence electrons. The monoisotopic (exact) mass is 214 g/mol. The quantitative estimate of drug-likeness (QED) is 0.746. The van der Waals surface area contributed by atoms with Gasteiger partial charge >= 0.3 is 0 Å². The SMILES string of the molecule is CCC(N)C(=O)N1CCCC(COC)C1. The van der Waals surface area contributed by atoms with E-state index in [1.54, 1.807) is 7.11 Å². The molecule has 1 aliphatic rings. The molecule has 15 heavy (non-hydrogen) atoms. The number of piperidine rings is 1. The van der Waals surface area contributed by atoms with E-state index < -0.39 is 0 Å². The molecule has 1 fully saturated rings. The van der Waals surface area contributed by atoms with Gasteiger partial charge in [-0.05, 0) is 25.2 Å². The lowest BCUT2D eigenvalue weighted by Crippen LogP contribution is -2.48. The lowest BCUT2D eigenvalue weighted by atomic mass is 9.98. The van der Waals surface area contributed by atoms with Gasteiger partial charge < -0.3 is 15.4 Å². The molecule has 0 saturated carbocycles. The van der Waals surface area contributed by atoms with Crippen LogP contribution in [-0.2, 0) is 9.53 Å². The zero-order valence-corrected chi connectivity index (χ0v) is 9.74. The van der Waals surface area contributed by atoms with Crippen molar-refractivity contribution in [3.8, 4) is 0 Å². The minimum absolute atomic E-state index is 0.0957. The molecule has 0 spiro atoms. The van der Waals surface area contributed by atoms with Crippen molar-refractivity contribution in [2.75, 3.05) is 26.8 Å². The summed E-state index contributed by atoms with van der Waals surface area (Å²) in [5.41, 5.74) is 5.74. The molecular formula is C11H22N2O2. The highest BCUT2D eigenvalue weighted by Crippen LogP contribution is 2.17. The number of nitrogens with two attached hydrogens (primary N) is 1. The van der Waals surface area contributed by atoms with Gasteiger partial charge in [-0.25, -0.2) is 0 Å². The van der Waals surface area contributed by atoms with Crippen molar-refractivity contribution in [1.29, 1.82) is 0 Å². The van der Waals surface area contributed by atoms with Crippen molar-refractivity contribution in [3.05, 3.63) is 0 Å². The number of ether oxygens (including phenoxy) is 1. The molecule has 0 aliphatic carbocycles. The average molecular weight is 214 g/mol. The van der Waals surface area contributed by atoms with Crippen LogP contribution >= 0.6 is 0 Å². The van der Waals surface area contributed by atoms with Crippen molar-refractivity contribution < 1.29 is 9.53 Å². The van der Waals surface area contributed by atoms with E-state index in [2.05, 4.69) is 0 Å². The fourth-order valence-corrected chi connectivity index (χ4v) is 2.05. The molecule has 1 rings (SSSR count). The molecule has 0 aromatic heterocycles. The third-order valence-corrected chi connectivity index (χ3v) is 2.99. The summed E-state index contributed by atoms with van der Waals surface area (Å²) >= 11 is 0. The number of likely N-dealkylation sites (tertiary alicyclic amines) is 1. The summed E-state index contributed by atoms with van der Waals surface area (Å²) in [6.45, 7) is 4.34. The van der Waals surface area contributed by atoms with Gasteiger partial charge in [0.25, 0.3) is 0 Å². The molecule has 1 saturated heterocycles. The van der Waals surface area contributed by atoms with Crippen LogP contribution in [0.15, 0.2) is 0 Å². The molecule has 2 atom stereocenters. The molecule has 1 aliphatic heterocycles. The maximum atomic E-state index is 11.8. The van der Waals surface area contributed by atoms with Crippen LogP contribution in [0.1, 0.15) is 26.2 Å². The summed E-state index contributed by atoms with van der Waals surface area (Å²) in [4.78, 5) is 13.7. The smallest absolute Gasteiger partial charge is 0.239 e. The summed E-state index contributed by atoms with van der Waals surface area (Å²) in [5, 5.41) is 0. The van der Waals surface area contributed by atoms with Gasteiger partial charge in [0.05, 0.1) is 12.6 Å². The summed E-state index contributed by atoms with van der Waals surface area (Å²) in [6, 6.07) is -0.328. The van der Waals surface area contributed by atoms with Gasteiger partial charge in [-0.15, -0.1) is 0 Å². The molecule has 0 radical (unpaired) electrons. The first kappa shape index (κ1) is 12.5. The molecule has 2 N–H and O–H groups in total. The van der Waals surface area contributed by atoms with Crippen molar-refractivity contribution in [3.63, 3.8) is 0 Å². The topological polar surface area (TPSA) is 55.6 Å². The molecule has 0 aromatic rings. The molecule has 2 unspecified atom stereocenters. The number of amides is 1. The third kappa shape index (κ3) is 3.47. The van der Waals surface area contributed by atoms with Crippen LogP contribution < -0.4 is 5.73 Å². The second-order valence-electron chi connectivity index (χ2n) is 4.26. The summed E-state index contributed by atoms with van der Waals surface area (Å²) in [5.74, 6) is 0.579. The molecule has 1 amide bonds. The first-order valence-electron chi connectivity index (χ1n) is 5.72. The van der Waals surface area contributed by atoms with Crippen molar-refractivity contribution in [2.45, 2.75) is 32.2 Å². The molecule has 1 heterocycles. The Hall–Kier alpha value is -0.610. The number of carbonyl (C=O) groups is 1. The Kier molecular flexibility index (Phi) is 5.05. The number of carbonyl (C=O) groups excluding carboxylic acids is 1. The number of nitrogens with zero attached hydrogens (tertiary/aromatic N) is 1. The van der Waals surface area contributed by atoms with Crippen LogP contribution in [0.25, 0.3) is 0 Å². The average Bonchev–Trinajstić information content (AvgIpc) is 2.28. The molecule has 0 bridgehead atoms. The summed E-state index contributed by atoms with van der Waals surface area (Å²) in [7, 11) is 1.71. The lowest BCUT2D eigenvalue weighted by Gasteiger charge is -2.33. The van der Waals surface area contributed by atoms with E-state index >= 15 is 0 Å². The Bertz CT molecular complexity index is 207. The number of hydrogen-bond acceptors (Lipinski definition) is 3. The fourth-order valence-electron chi connectivity index (χ4n) is 2.05. The van der Waals surface area contributed by atoms with Gasteiger partial charge in [0, 0.05) is 20.2 Å². The first-order valence-corrected chi connectivity index (χ1v) is 5.72. The molecule has 4 nitrogen and oxygen atoms in total. The van der Waals surface area contributed by atoms with E-state index in [9.17, 15) is 4.79 Å². The van der Waals surface area contributed by atoms with Gasteiger partial charge in [-0.3, -0.25) is 4.79 Å². The van der Waals surface area contributed by atoms with Crippen LogP contribution in [0.4, 0.5) is 0 Å². The van der Waals surface area contributed by atoms with Crippen molar-refractivity contribution in [1.82, 2.24) is 4.90 Å². The number of methoxy groups -OCH3 is 1. The highest BCUT2D eigenvalue weighted by atomic mass is 16.5. The van der Waals surface area contributed by atoms with E-state index in [0.29, 0.717) is 12.3 Å². The largest absolute Gasteiger partial charge is 0.384 e. The minimum Gasteiger partial charge on any atom is -0.384 e. The maximum Gasteiger partial charge on any atom is 0.239 e. The highest BCUT2D eigenvalue weighted by Gasteiger charge is 2.25. The Labute approximate surface area is 91.8 Å². The zero-order chi connectivity index (χ0) is 11.3. The molecule has 0 aromatic carbocycles. The van der Waals surface area contributed by atoms with Crippen molar-refractivity contribution >= 4 is 5.91 Å². The molecular weight excluding hydrogens is 192 g/mol. The summed E-state index contributed by atoms with van der Waals surface area (Å²) in [6.07, 6.45) is 2.93. The van der Waals surface area contributed by atoms with E-state index in [0.717, 1.165) is 32.5 Å². The van der Waals surface area contributed by atoms with Crippen molar-refractivity contribution in [2.24, 2.45) is 11.7 Å².